The number of hydroxylamine groups is 1. The van der Waals surface area contributed by atoms with Crippen LogP contribution in [0, 0.1) is 23.7 Å². The van der Waals surface area contributed by atoms with Gasteiger partial charge in [0.25, 0.3) is 0 Å². The highest BCUT2D eigenvalue weighted by Crippen LogP contribution is 2.48. The number of rotatable bonds is 3. The number of allylic oxidation sites excluding steroid dienone is 2. The van der Waals surface area contributed by atoms with Gasteiger partial charge in [0.05, 0.1) is 17.4 Å². The van der Waals surface area contributed by atoms with Gasteiger partial charge in [-0.3, -0.25) is 14.4 Å². The largest absolute Gasteiger partial charge is 0.481 e. The molecule has 1 saturated carbocycles. The summed E-state index contributed by atoms with van der Waals surface area (Å²) in [6.45, 7) is 5.47. The van der Waals surface area contributed by atoms with Gasteiger partial charge in [0.2, 0.25) is 5.91 Å². The van der Waals surface area contributed by atoms with E-state index in [9.17, 15) is 14.7 Å². The maximum absolute atomic E-state index is 12.1. The average molecular weight is 253 g/mol. The molecule has 100 valence electrons. The van der Waals surface area contributed by atoms with Gasteiger partial charge < -0.3 is 5.11 Å². The lowest BCUT2D eigenvalue weighted by Crippen LogP contribution is -2.42. The van der Waals surface area contributed by atoms with Crippen molar-refractivity contribution in [2.24, 2.45) is 23.7 Å². The number of carbonyl (C=O) groups excluding carboxylic acids is 1. The Bertz CT molecular complexity index is 396. The zero-order valence-electron chi connectivity index (χ0n) is 10.8. The predicted molar refractivity (Wildman–Crippen MR) is 64.3 cm³/mol. The van der Waals surface area contributed by atoms with E-state index >= 15 is 0 Å². The van der Waals surface area contributed by atoms with Crippen LogP contribution < -0.4 is 5.48 Å². The summed E-state index contributed by atoms with van der Waals surface area (Å²) in [5, 5.41) is 9.23. The van der Waals surface area contributed by atoms with Gasteiger partial charge in [-0.25, -0.2) is 5.48 Å². The van der Waals surface area contributed by atoms with Crippen LogP contribution in [-0.4, -0.2) is 22.6 Å². The van der Waals surface area contributed by atoms with E-state index in [1.807, 2.05) is 32.9 Å². The lowest BCUT2D eigenvalue weighted by Gasteiger charge is -2.26. The van der Waals surface area contributed by atoms with E-state index in [-0.39, 0.29) is 17.7 Å². The zero-order chi connectivity index (χ0) is 13.5. The van der Waals surface area contributed by atoms with Gasteiger partial charge in [-0.2, -0.15) is 0 Å². The van der Waals surface area contributed by atoms with Crippen LogP contribution >= 0.6 is 0 Å². The third kappa shape index (κ3) is 2.41. The molecule has 0 aliphatic heterocycles. The molecule has 1 amide bonds. The van der Waals surface area contributed by atoms with E-state index in [0.717, 1.165) is 6.42 Å². The number of amides is 1. The maximum atomic E-state index is 12.1. The molecule has 4 atom stereocenters. The van der Waals surface area contributed by atoms with Crippen molar-refractivity contribution in [2.45, 2.75) is 32.8 Å². The Kier molecular flexibility index (Phi) is 3.19. The Morgan fingerprint density at radius 2 is 1.78 bits per heavy atom. The average Bonchev–Trinajstić information content (AvgIpc) is 2.83. The normalized spacial score (nSPS) is 33.7. The van der Waals surface area contributed by atoms with Gasteiger partial charge in [0.1, 0.15) is 0 Å². The SMILES string of the molecule is CC(C)(C)ONC(=O)[C@H]1C2C=CC(C2)[C@H]1C(=O)O. The number of carboxylic acid groups (broad SMARTS) is 1. The number of aliphatic carboxylic acids is 1. The first kappa shape index (κ1) is 13.1. The summed E-state index contributed by atoms with van der Waals surface area (Å²) in [6, 6.07) is 0. The molecule has 0 aromatic carbocycles. The number of hydrogen-bond acceptors (Lipinski definition) is 3. The molecule has 2 aliphatic carbocycles. The topological polar surface area (TPSA) is 75.6 Å². The standard InChI is InChI=1S/C13H19NO4/c1-13(2,3)18-14-11(15)9-7-4-5-8(6-7)10(9)12(16)17/h4-5,7-10H,6H2,1-3H3,(H,14,15)(H,16,17)/t7?,8?,9-,10+/m0/s1. The number of hydrogen-bond donors (Lipinski definition) is 2. The monoisotopic (exact) mass is 253 g/mol. The van der Waals surface area contributed by atoms with E-state index < -0.39 is 23.4 Å². The van der Waals surface area contributed by atoms with Crippen LogP contribution in [0.1, 0.15) is 27.2 Å². The van der Waals surface area contributed by atoms with Crippen LogP contribution in [0.15, 0.2) is 12.2 Å². The molecule has 5 nitrogen and oxygen atoms in total. The second kappa shape index (κ2) is 4.39. The Morgan fingerprint density at radius 3 is 2.28 bits per heavy atom. The van der Waals surface area contributed by atoms with Crippen molar-refractivity contribution in [1.82, 2.24) is 5.48 Å². The smallest absolute Gasteiger partial charge is 0.307 e. The molecular weight excluding hydrogens is 234 g/mol. The summed E-state index contributed by atoms with van der Waals surface area (Å²) in [7, 11) is 0. The lowest BCUT2D eigenvalue weighted by molar-refractivity contribution is -0.157. The van der Waals surface area contributed by atoms with Gasteiger partial charge in [-0.05, 0) is 39.0 Å². The number of nitrogens with one attached hydrogen (secondary N) is 1. The fourth-order valence-corrected chi connectivity index (χ4v) is 2.79. The number of carbonyl (C=O) groups is 2. The van der Waals surface area contributed by atoms with Crippen LogP contribution in [-0.2, 0) is 14.4 Å². The van der Waals surface area contributed by atoms with Crippen LogP contribution in [0.5, 0.6) is 0 Å². The maximum Gasteiger partial charge on any atom is 0.307 e. The van der Waals surface area contributed by atoms with Crippen molar-refractivity contribution in [3.05, 3.63) is 12.2 Å². The first-order valence-electron chi connectivity index (χ1n) is 6.18. The fourth-order valence-electron chi connectivity index (χ4n) is 2.79. The third-order valence-corrected chi connectivity index (χ3v) is 3.50. The van der Waals surface area contributed by atoms with E-state index in [1.165, 1.54) is 0 Å². The highest BCUT2D eigenvalue weighted by molar-refractivity contribution is 5.86. The van der Waals surface area contributed by atoms with Gasteiger partial charge in [-0.15, -0.1) is 0 Å². The molecule has 0 radical (unpaired) electrons. The van der Waals surface area contributed by atoms with Crippen molar-refractivity contribution in [1.29, 1.82) is 0 Å². The first-order chi connectivity index (χ1) is 8.29. The van der Waals surface area contributed by atoms with E-state index in [1.54, 1.807) is 0 Å². The second-order valence-corrected chi connectivity index (χ2v) is 6.02. The molecule has 2 unspecified atom stereocenters. The Balaban J connectivity index is 2.05. The molecule has 2 aliphatic rings. The van der Waals surface area contributed by atoms with Crippen LogP contribution in [0.3, 0.4) is 0 Å². The van der Waals surface area contributed by atoms with Crippen molar-refractivity contribution >= 4 is 11.9 Å². The summed E-state index contributed by atoms with van der Waals surface area (Å²) in [5.74, 6) is -2.35. The molecule has 0 saturated heterocycles. The van der Waals surface area contributed by atoms with Crippen molar-refractivity contribution in [2.75, 3.05) is 0 Å². The molecule has 0 aromatic rings. The van der Waals surface area contributed by atoms with Gasteiger partial charge in [0.15, 0.2) is 0 Å². The molecule has 5 heteroatoms. The minimum absolute atomic E-state index is 0.0158. The first-order valence-corrected chi connectivity index (χ1v) is 6.18. The molecule has 2 bridgehead atoms. The Labute approximate surface area is 106 Å². The number of carboxylic acids is 1. The summed E-state index contributed by atoms with van der Waals surface area (Å²) in [4.78, 5) is 28.5. The fraction of sp³-hybridized carbons (Fsp3) is 0.692. The second-order valence-electron chi connectivity index (χ2n) is 6.02. The van der Waals surface area contributed by atoms with Gasteiger partial charge in [0, 0.05) is 0 Å². The van der Waals surface area contributed by atoms with E-state index in [0.29, 0.717) is 0 Å². The van der Waals surface area contributed by atoms with Gasteiger partial charge in [-0.1, -0.05) is 12.2 Å². The molecule has 2 N–H and O–H groups in total. The molecule has 18 heavy (non-hydrogen) atoms. The zero-order valence-corrected chi connectivity index (χ0v) is 10.8. The summed E-state index contributed by atoms with van der Waals surface area (Å²) < 4.78 is 0. The summed E-state index contributed by atoms with van der Waals surface area (Å²) >= 11 is 0. The molecule has 0 spiro atoms. The minimum Gasteiger partial charge on any atom is -0.481 e. The van der Waals surface area contributed by atoms with Crippen molar-refractivity contribution in [3.63, 3.8) is 0 Å². The molecule has 0 aromatic heterocycles. The Hall–Kier alpha value is -1.36. The summed E-state index contributed by atoms with van der Waals surface area (Å²) in [5.41, 5.74) is 1.91. The highest BCUT2D eigenvalue weighted by atomic mass is 16.7. The third-order valence-electron chi connectivity index (χ3n) is 3.50. The molecule has 2 rings (SSSR count). The minimum atomic E-state index is -0.900. The van der Waals surface area contributed by atoms with E-state index in [2.05, 4.69) is 5.48 Å². The van der Waals surface area contributed by atoms with Crippen molar-refractivity contribution < 1.29 is 19.5 Å². The Morgan fingerprint density at radius 1 is 1.22 bits per heavy atom. The van der Waals surface area contributed by atoms with Crippen LogP contribution in [0.2, 0.25) is 0 Å². The van der Waals surface area contributed by atoms with E-state index in [4.69, 9.17) is 4.84 Å². The molecular formula is C13H19NO4. The molecule has 0 heterocycles. The lowest BCUT2D eigenvalue weighted by atomic mass is 9.82. The predicted octanol–water partition coefficient (Wildman–Crippen LogP) is 1.36. The summed E-state index contributed by atoms with van der Waals surface area (Å²) in [6.07, 6.45) is 4.62. The highest BCUT2D eigenvalue weighted by Gasteiger charge is 2.51. The number of fused-ring (bicyclic) bond motifs is 2. The quantitative estimate of drug-likeness (QED) is 0.588. The van der Waals surface area contributed by atoms with Crippen molar-refractivity contribution in [3.8, 4) is 0 Å². The molecule has 1 fully saturated rings. The van der Waals surface area contributed by atoms with Crippen LogP contribution in [0.4, 0.5) is 0 Å². The van der Waals surface area contributed by atoms with Crippen LogP contribution in [0.25, 0.3) is 0 Å². The van der Waals surface area contributed by atoms with Gasteiger partial charge >= 0.3 is 5.97 Å².